The molecule has 0 saturated heterocycles. The summed E-state index contributed by atoms with van der Waals surface area (Å²) in [5.41, 5.74) is 5.91. The summed E-state index contributed by atoms with van der Waals surface area (Å²) in [4.78, 5) is 24.1. The molecule has 1 unspecified atom stereocenters. The molecule has 2 aromatic rings. The van der Waals surface area contributed by atoms with Gasteiger partial charge >= 0.3 is 5.97 Å². The molecule has 0 aliphatic carbocycles. The van der Waals surface area contributed by atoms with Crippen LogP contribution in [0, 0.1) is 5.82 Å². The number of benzene rings is 2. The number of anilines is 2. The van der Waals surface area contributed by atoms with Crippen LogP contribution in [0.1, 0.15) is 17.3 Å². The van der Waals surface area contributed by atoms with E-state index >= 15 is 0 Å². The van der Waals surface area contributed by atoms with Crippen molar-refractivity contribution in [2.45, 2.75) is 13.0 Å². The summed E-state index contributed by atoms with van der Waals surface area (Å²) in [5, 5.41) is 2.75. The van der Waals surface area contributed by atoms with Gasteiger partial charge in [0.15, 0.2) is 6.10 Å². The van der Waals surface area contributed by atoms with Crippen LogP contribution in [0.25, 0.3) is 0 Å². The molecule has 1 atom stereocenters. The maximum Gasteiger partial charge on any atom is 0.341 e. The van der Waals surface area contributed by atoms with Crippen LogP contribution < -0.4 is 11.1 Å². The average Bonchev–Trinajstić information content (AvgIpc) is 2.50. The summed E-state index contributed by atoms with van der Waals surface area (Å²) in [6.45, 7) is 1.37. The lowest BCUT2D eigenvalue weighted by Gasteiger charge is -2.15. The van der Waals surface area contributed by atoms with E-state index < -0.39 is 23.8 Å². The fourth-order valence-electron chi connectivity index (χ4n) is 1.84. The Bertz CT molecular complexity index is 799. The lowest BCUT2D eigenvalue weighted by atomic mass is 10.2. The van der Waals surface area contributed by atoms with E-state index in [0.717, 1.165) is 6.07 Å². The molecule has 126 valence electrons. The zero-order valence-electron chi connectivity index (χ0n) is 12.5. The van der Waals surface area contributed by atoms with E-state index in [0.29, 0.717) is 0 Å². The van der Waals surface area contributed by atoms with Gasteiger partial charge in [-0.2, -0.15) is 0 Å². The predicted octanol–water partition coefficient (Wildman–Crippen LogP) is 3.90. The molecule has 8 heteroatoms. The Morgan fingerprint density at radius 1 is 1.25 bits per heavy atom. The number of ether oxygens (including phenoxy) is 1. The Kier molecular flexibility index (Phi) is 5.64. The maximum atomic E-state index is 13.1. The molecule has 5 nitrogen and oxygen atoms in total. The fraction of sp³-hybridized carbons (Fsp3) is 0.125. The highest BCUT2D eigenvalue weighted by Crippen LogP contribution is 2.28. The van der Waals surface area contributed by atoms with Crippen LogP contribution in [0.5, 0.6) is 0 Å². The minimum Gasteiger partial charge on any atom is -0.449 e. The van der Waals surface area contributed by atoms with Crippen LogP contribution in [0.3, 0.4) is 0 Å². The Labute approximate surface area is 147 Å². The molecule has 0 heterocycles. The number of nitrogens with two attached hydrogens (primary N) is 1. The summed E-state index contributed by atoms with van der Waals surface area (Å²) < 4.78 is 18.1. The van der Waals surface area contributed by atoms with Crippen LogP contribution in [0.15, 0.2) is 36.4 Å². The summed E-state index contributed by atoms with van der Waals surface area (Å²) in [5.74, 6) is -1.97. The summed E-state index contributed by atoms with van der Waals surface area (Å²) in [7, 11) is 0. The molecule has 0 fully saturated rings. The molecular weight excluding hydrogens is 358 g/mol. The van der Waals surface area contributed by atoms with Crippen LogP contribution in [-0.2, 0) is 9.53 Å². The molecule has 0 saturated carbocycles. The van der Waals surface area contributed by atoms with Crippen molar-refractivity contribution in [1.29, 1.82) is 0 Å². The van der Waals surface area contributed by atoms with Crippen molar-refractivity contribution in [3.63, 3.8) is 0 Å². The molecule has 3 N–H and O–H groups in total. The van der Waals surface area contributed by atoms with Gasteiger partial charge in [0.1, 0.15) is 5.82 Å². The number of nitrogen functional groups attached to an aromatic ring is 1. The Hall–Kier alpha value is -2.31. The first-order chi connectivity index (χ1) is 11.3. The number of halogens is 3. The number of amides is 1. The van der Waals surface area contributed by atoms with E-state index in [-0.39, 0.29) is 27.0 Å². The second-order valence-corrected chi connectivity index (χ2v) is 5.74. The van der Waals surface area contributed by atoms with Crippen LogP contribution >= 0.6 is 23.2 Å². The lowest BCUT2D eigenvalue weighted by molar-refractivity contribution is -0.123. The number of hydrogen-bond acceptors (Lipinski definition) is 4. The highest BCUT2D eigenvalue weighted by Gasteiger charge is 2.22. The van der Waals surface area contributed by atoms with Gasteiger partial charge in [0.05, 0.1) is 16.3 Å². The summed E-state index contributed by atoms with van der Waals surface area (Å²) in [6.07, 6.45) is -1.14. The van der Waals surface area contributed by atoms with E-state index in [1.165, 1.54) is 37.3 Å². The van der Waals surface area contributed by atoms with E-state index in [4.69, 9.17) is 33.7 Å². The number of esters is 1. The number of carbonyl (C=O) groups excluding carboxylic acids is 2. The van der Waals surface area contributed by atoms with Gasteiger partial charge in [-0.25, -0.2) is 9.18 Å². The van der Waals surface area contributed by atoms with Crippen molar-refractivity contribution in [3.05, 3.63) is 57.8 Å². The minimum absolute atomic E-state index is 0.00352. The van der Waals surface area contributed by atoms with Gasteiger partial charge in [-0.3, -0.25) is 4.79 Å². The van der Waals surface area contributed by atoms with Crippen molar-refractivity contribution >= 4 is 46.5 Å². The Morgan fingerprint density at radius 3 is 2.62 bits per heavy atom. The largest absolute Gasteiger partial charge is 0.449 e. The van der Waals surface area contributed by atoms with Gasteiger partial charge in [-0.1, -0.05) is 29.3 Å². The molecule has 0 spiro atoms. The topological polar surface area (TPSA) is 81.4 Å². The molecule has 24 heavy (non-hydrogen) atoms. The van der Waals surface area contributed by atoms with E-state index in [9.17, 15) is 14.0 Å². The normalized spacial score (nSPS) is 11.7. The highest BCUT2D eigenvalue weighted by atomic mass is 35.5. The van der Waals surface area contributed by atoms with Crippen molar-refractivity contribution in [2.24, 2.45) is 0 Å². The molecular formula is C16H13Cl2FN2O3. The number of rotatable bonds is 4. The molecule has 0 radical (unpaired) electrons. The molecule has 0 aliphatic rings. The minimum atomic E-state index is -1.14. The van der Waals surface area contributed by atoms with E-state index in [1.54, 1.807) is 0 Å². The highest BCUT2D eigenvalue weighted by molar-refractivity contribution is 6.37. The smallest absolute Gasteiger partial charge is 0.341 e. The molecule has 0 aromatic heterocycles. The number of carbonyl (C=O) groups is 2. The van der Waals surface area contributed by atoms with Crippen LogP contribution in [0.2, 0.25) is 10.0 Å². The van der Waals surface area contributed by atoms with Gasteiger partial charge in [-0.05, 0) is 37.3 Å². The third-order valence-corrected chi connectivity index (χ3v) is 3.59. The second-order valence-electron chi connectivity index (χ2n) is 4.90. The zero-order chi connectivity index (χ0) is 17.9. The Balaban J connectivity index is 2.07. The third kappa shape index (κ3) is 4.37. The molecule has 0 bridgehead atoms. The van der Waals surface area contributed by atoms with Gasteiger partial charge < -0.3 is 15.8 Å². The lowest BCUT2D eigenvalue weighted by Crippen LogP contribution is -2.30. The van der Waals surface area contributed by atoms with Crippen molar-refractivity contribution in [2.75, 3.05) is 11.1 Å². The third-order valence-electron chi connectivity index (χ3n) is 3.06. The average molecular weight is 371 g/mol. The van der Waals surface area contributed by atoms with Crippen molar-refractivity contribution in [1.82, 2.24) is 0 Å². The quantitative estimate of drug-likeness (QED) is 0.631. The van der Waals surface area contributed by atoms with Crippen LogP contribution in [-0.4, -0.2) is 18.0 Å². The summed E-state index contributed by atoms with van der Waals surface area (Å²) in [6, 6.07) is 8.00. The van der Waals surface area contributed by atoms with E-state index in [2.05, 4.69) is 5.32 Å². The van der Waals surface area contributed by atoms with Crippen LogP contribution in [0.4, 0.5) is 15.8 Å². The number of hydrogen-bond donors (Lipinski definition) is 2. The molecule has 1 amide bonds. The van der Waals surface area contributed by atoms with Crippen molar-refractivity contribution < 1.29 is 18.7 Å². The zero-order valence-corrected chi connectivity index (χ0v) is 14.0. The second kappa shape index (κ2) is 7.51. The first-order valence-corrected chi connectivity index (χ1v) is 7.55. The first kappa shape index (κ1) is 18.0. The van der Waals surface area contributed by atoms with Gasteiger partial charge in [0, 0.05) is 10.7 Å². The van der Waals surface area contributed by atoms with Gasteiger partial charge in [0.2, 0.25) is 0 Å². The predicted molar refractivity (Wildman–Crippen MR) is 90.8 cm³/mol. The standard InChI is InChI=1S/C16H13Cl2FN2O3/c1-8(15(22)21-11-4-2-3-10(19)7-11)24-16(23)12-5-9(17)6-13(18)14(12)20/h2-8H,20H2,1H3,(H,21,22). The first-order valence-electron chi connectivity index (χ1n) is 6.80. The fourth-order valence-corrected chi connectivity index (χ4v) is 2.33. The Morgan fingerprint density at radius 2 is 1.96 bits per heavy atom. The SMILES string of the molecule is CC(OC(=O)c1cc(Cl)cc(Cl)c1N)C(=O)Nc1cccc(F)c1. The van der Waals surface area contributed by atoms with Gasteiger partial charge in [-0.15, -0.1) is 0 Å². The molecule has 2 aromatic carbocycles. The molecule has 0 aliphatic heterocycles. The van der Waals surface area contributed by atoms with Gasteiger partial charge in [0.25, 0.3) is 5.91 Å². The maximum absolute atomic E-state index is 13.1. The monoisotopic (exact) mass is 370 g/mol. The molecule has 2 rings (SSSR count). The van der Waals surface area contributed by atoms with Crippen molar-refractivity contribution in [3.8, 4) is 0 Å². The number of nitrogens with one attached hydrogen (secondary N) is 1. The summed E-state index contributed by atoms with van der Waals surface area (Å²) >= 11 is 11.7. The van der Waals surface area contributed by atoms with E-state index in [1.807, 2.05) is 0 Å².